The molecule has 3 rings (SSSR count). The molecule has 1 aliphatic heterocycles. The lowest BCUT2D eigenvalue weighted by atomic mass is 10.0. The van der Waals surface area contributed by atoms with Crippen molar-refractivity contribution in [3.05, 3.63) is 64.2 Å². The van der Waals surface area contributed by atoms with Crippen LogP contribution in [-0.2, 0) is 10.0 Å². The van der Waals surface area contributed by atoms with Crippen LogP contribution >= 0.6 is 0 Å². The molecule has 0 saturated carbocycles. The van der Waals surface area contributed by atoms with E-state index in [2.05, 4.69) is 5.32 Å². The molecular weight excluding hydrogens is 394 g/mol. The number of nitrogens with zero attached hydrogens (tertiary/aromatic N) is 2. The van der Waals surface area contributed by atoms with Gasteiger partial charge in [-0.2, -0.15) is 4.31 Å². The number of amides is 1. The van der Waals surface area contributed by atoms with Crippen LogP contribution in [-0.4, -0.2) is 36.1 Å². The highest BCUT2D eigenvalue weighted by Crippen LogP contribution is 2.27. The molecule has 0 aromatic heterocycles. The summed E-state index contributed by atoms with van der Waals surface area (Å²) in [6.45, 7) is 2.51. The minimum Gasteiger partial charge on any atom is -0.322 e. The number of nitro benzene ring substituents is 1. The van der Waals surface area contributed by atoms with Gasteiger partial charge in [0, 0.05) is 36.0 Å². The van der Waals surface area contributed by atoms with Crippen molar-refractivity contribution in [2.75, 3.05) is 11.9 Å². The van der Waals surface area contributed by atoms with Crippen LogP contribution in [0.2, 0.25) is 0 Å². The van der Waals surface area contributed by atoms with E-state index < -0.39 is 20.9 Å². The summed E-state index contributed by atoms with van der Waals surface area (Å²) in [6, 6.07) is 11.4. The van der Waals surface area contributed by atoms with Crippen LogP contribution in [0.15, 0.2) is 53.4 Å². The Morgan fingerprint density at radius 2 is 1.93 bits per heavy atom. The van der Waals surface area contributed by atoms with Gasteiger partial charge in [-0.25, -0.2) is 8.42 Å². The quantitative estimate of drug-likeness (QED) is 0.568. The standard InChI is InChI=1S/C20H23N3O5S/c1-2-17-7-3-4-13-22(17)29(27,28)19-11-9-16(10-12-19)21-20(24)15-6-5-8-18(14-15)23(25)26/h5-6,8-12,14,17H,2-4,7,13H2,1H3,(H,21,24). The van der Waals surface area contributed by atoms with Gasteiger partial charge in [0.2, 0.25) is 10.0 Å². The summed E-state index contributed by atoms with van der Waals surface area (Å²) in [5, 5.41) is 13.5. The number of hydrogen-bond donors (Lipinski definition) is 1. The summed E-state index contributed by atoms with van der Waals surface area (Å²) in [5.41, 5.74) is 0.382. The lowest BCUT2D eigenvalue weighted by Crippen LogP contribution is -2.43. The predicted octanol–water partition coefficient (Wildman–Crippen LogP) is 3.80. The monoisotopic (exact) mass is 417 g/mol. The van der Waals surface area contributed by atoms with Gasteiger partial charge in [-0.1, -0.05) is 19.4 Å². The van der Waals surface area contributed by atoms with Gasteiger partial charge in [-0.15, -0.1) is 0 Å². The van der Waals surface area contributed by atoms with Crippen LogP contribution in [0, 0.1) is 10.1 Å². The zero-order chi connectivity index (χ0) is 21.0. The van der Waals surface area contributed by atoms with E-state index >= 15 is 0 Å². The maximum atomic E-state index is 13.0. The summed E-state index contributed by atoms with van der Waals surface area (Å²) in [5.74, 6) is -0.508. The van der Waals surface area contributed by atoms with Crippen molar-refractivity contribution < 1.29 is 18.1 Å². The first kappa shape index (κ1) is 20.9. The number of piperidine rings is 1. The first-order valence-electron chi connectivity index (χ1n) is 9.50. The normalized spacial score (nSPS) is 17.6. The van der Waals surface area contributed by atoms with Crippen molar-refractivity contribution in [1.82, 2.24) is 4.31 Å². The maximum absolute atomic E-state index is 13.0. The highest BCUT2D eigenvalue weighted by molar-refractivity contribution is 7.89. The van der Waals surface area contributed by atoms with Crippen LogP contribution in [0.5, 0.6) is 0 Å². The van der Waals surface area contributed by atoms with Gasteiger partial charge < -0.3 is 5.32 Å². The fourth-order valence-corrected chi connectivity index (χ4v) is 5.28. The van der Waals surface area contributed by atoms with E-state index in [1.807, 2.05) is 6.92 Å². The lowest BCUT2D eigenvalue weighted by molar-refractivity contribution is -0.384. The molecule has 1 atom stereocenters. The molecular formula is C20H23N3O5S. The summed E-state index contributed by atoms with van der Waals surface area (Å²) in [4.78, 5) is 22.8. The Labute approximate surface area is 169 Å². The Morgan fingerprint density at radius 1 is 1.21 bits per heavy atom. The fraction of sp³-hybridized carbons (Fsp3) is 0.350. The van der Waals surface area contributed by atoms with Crippen LogP contribution < -0.4 is 5.32 Å². The first-order chi connectivity index (χ1) is 13.8. The molecule has 2 aromatic rings. The van der Waals surface area contributed by atoms with Gasteiger partial charge in [-0.3, -0.25) is 14.9 Å². The smallest absolute Gasteiger partial charge is 0.270 e. The average Bonchev–Trinajstić information content (AvgIpc) is 2.74. The molecule has 2 aromatic carbocycles. The average molecular weight is 417 g/mol. The Kier molecular flexibility index (Phi) is 6.29. The van der Waals surface area contributed by atoms with Crippen molar-refractivity contribution >= 4 is 27.3 Å². The van der Waals surface area contributed by atoms with Crippen LogP contribution in [0.1, 0.15) is 43.0 Å². The topological polar surface area (TPSA) is 110 Å². The van der Waals surface area contributed by atoms with E-state index in [1.54, 1.807) is 4.31 Å². The summed E-state index contributed by atoms with van der Waals surface area (Å²) in [6.07, 6.45) is 3.53. The zero-order valence-electron chi connectivity index (χ0n) is 16.1. The molecule has 1 heterocycles. The molecule has 1 fully saturated rings. The highest BCUT2D eigenvalue weighted by atomic mass is 32.2. The van der Waals surface area contributed by atoms with Crippen molar-refractivity contribution in [1.29, 1.82) is 0 Å². The molecule has 1 saturated heterocycles. The number of non-ortho nitro benzene ring substituents is 1. The van der Waals surface area contributed by atoms with E-state index in [0.717, 1.165) is 25.7 Å². The van der Waals surface area contributed by atoms with E-state index in [1.165, 1.54) is 48.5 Å². The van der Waals surface area contributed by atoms with Crippen LogP contribution in [0.4, 0.5) is 11.4 Å². The van der Waals surface area contributed by atoms with E-state index in [0.29, 0.717) is 12.2 Å². The SMILES string of the molecule is CCC1CCCCN1S(=O)(=O)c1ccc(NC(=O)c2cccc([N+](=O)[O-])c2)cc1. The van der Waals surface area contributed by atoms with Gasteiger partial charge in [0.25, 0.3) is 11.6 Å². The highest BCUT2D eigenvalue weighted by Gasteiger charge is 2.32. The molecule has 8 nitrogen and oxygen atoms in total. The van der Waals surface area contributed by atoms with Gasteiger partial charge in [0.1, 0.15) is 0 Å². The van der Waals surface area contributed by atoms with E-state index in [-0.39, 0.29) is 22.2 Å². The molecule has 1 N–H and O–H groups in total. The van der Waals surface area contributed by atoms with Gasteiger partial charge in [-0.05, 0) is 49.6 Å². The number of nitrogens with one attached hydrogen (secondary N) is 1. The molecule has 0 radical (unpaired) electrons. The summed E-state index contributed by atoms with van der Waals surface area (Å²) < 4.78 is 27.6. The van der Waals surface area contributed by atoms with Gasteiger partial charge in [0.15, 0.2) is 0 Å². The molecule has 1 amide bonds. The Balaban J connectivity index is 1.75. The van der Waals surface area contributed by atoms with Crippen LogP contribution in [0.3, 0.4) is 0 Å². The van der Waals surface area contributed by atoms with Crippen LogP contribution in [0.25, 0.3) is 0 Å². The van der Waals surface area contributed by atoms with Crippen molar-refractivity contribution in [2.24, 2.45) is 0 Å². The van der Waals surface area contributed by atoms with E-state index in [4.69, 9.17) is 0 Å². The second kappa shape index (κ2) is 8.71. The summed E-state index contributed by atoms with van der Waals surface area (Å²) >= 11 is 0. The second-order valence-electron chi connectivity index (χ2n) is 6.96. The van der Waals surface area contributed by atoms with Crippen molar-refractivity contribution in [2.45, 2.75) is 43.5 Å². The Hall–Kier alpha value is -2.78. The molecule has 29 heavy (non-hydrogen) atoms. The molecule has 1 aliphatic rings. The van der Waals surface area contributed by atoms with Crippen molar-refractivity contribution in [3.63, 3.8) is 0 Å². The third kappa shape index (κ3) is 4.63. The molecule has 0 aliphatic carbocycles. The third-order valence-corrected chi connectivity index (χ3v) is 7.05. The first-order valence-corrected chi connectivity index (χ1v) is 10.9. The minimum atomic E-state index is -3.59. The number of hydrogen-bond acceptors (Lipinski definition) is 5. The predicted molar refractivity (Wildman–Crippen MR) is 109 cm³/mol. The molecule has 9 heteroatoms. The molecule has 0 bridgehead atoms. The van der Waals surface area contributed by atoms with Gasteiger partial charge >= 0.3 is 0 Å². The second-order valence-corrected chi connectivity index (χ2v) is 8.85. The lowest BCUT2D eigenvalue weighted by Gasteiger charge is -2.34. The zero-order valence-corrected chi connectivity index (χ0v) is 16.9. The fourth-order valence-electron chi connectivity index (χ4n) is 3.51. The van der Waals surface area contributed by atoms with Gasteiger partial charge in [0.05, 0.1) is 9.82 Å². The minimum absolute atomic E-state index is 0.0157. The molecule has 1 unspecified atom stereocenters. The largest absolute Gasteiger partial charge is 0.322 e. The maximum Gasteiger partial charge on any atom is 0.270 e. The number of carbonyl (C=O) groups is 1. The number of benzene rings is 2. The Bertz CT molecular complexity index is 1010. The Morgan fingerprint density at radius 3 is 2.59 bits per heavy atom. The number of nitro groups is 1. The summed E-state index contributed by atoms with van der Waals surface area (Å²) in [7, 11) is -3.59. The van der Waals surface area contributed by atoms with Crippen molar-refractivity contribution in [3.8, 4) is 0 Å². The number of rotatable bonds is 6. The van der Waals surface area contributed by atoms with E-state index in [9.17, 15) is 23.3 Å². The number of carbonyl (C=O) groups excluding carboxylic acids is 1. The number of anilines is 1. The number of sulfonamides is 1. The third-order valence-electron chi connectivity index (χ3n) is 5.08. The molecule has 154 valence electrons. The molecule has 0 spiro atoms.